The maximum Gasteiger partial charge on any atom is 0.415 e. The number of rotatable bonds is 4. The van der Waals surface area contributed by atoms with E-state index in [-0.39, 0.29) is 11.7 Å². The van der Waals surface area contributed by atoms with E-state index in [9.17, 15) is 4.79 Å². The molecule has 1 atom stereocenters. The second kappa shape index (κ2) is 4.11. The molecular formula is C13H21NO2. The van der Waals surface area contributed by atoms with Gasteiger partial charge in [-0.2, -0.15) is 0 Å². The topological polar surface area (TPSA) is 29.3 Å². The van der Waals surface area contributed by atoms with E-state index in [1.165, 1.54) is 25.0 Å². The van der Waals surface area contributed by atoms with Gasteiger partial charge in [-0.3, -0.25) is 4.90 Å². The number of cyclic esters (lactones) is 1. The lowest BCUT2D eigenvalue weighted by atomic mass is 10.0. The zero-order valence-electron chi connectivity index (χ0n) is 10.5. The van der Waals surface area contributed by atoms with Crippen molar-refractivity contribution in [2.24, 2.45) is 0 Å². The summed E-state index contributed by atoms with van der Waals surface area (Å²) in [7, 11) is 0. The minimum atomic E-state index is -0.294. The molecule has 2 aliphatic rings. The molecule has 0 aliphatic carbocycles. The van der Waals surface area contributed by atoms with Gasteiger partial charge in [-0.25, -0.2) is 4.79 Å². The van der Waals surface area contributed by atoms with Gasteiger partial charge in [-0.05, 0) is 26.7 Å². The van der Waals surface area contributed by atoms with Crippen LogP contribution in [0.5, 0.6) is 0 Å². The zero-order valence-corrected chi connectivity index (χ0v) is 10.5. The lowest BCUT2D eigenvalue weighted by Crippen LogP contribution is -2.37. The van der Waals surface area contributed by atoms with Gasteiger partial charge in [-0.1, -0.05) is 25.8 Å². The maximum atomic E-state index is 11.6. The standard InChI is InChI=1S/C13H21NO2/c1-4-5-6-7-8-10-11-9-13(2,3)16-12(15)14(10)11/h8,11H,4-7,9H2,1-3H3/b10-8+. The normalized spacial score (nSPS) is 28.9. The molecule has 2 saturated heterocycles. The lowest BCUT2D eigenvalue weighted by molar-refractivity contribution is 0.00124. The van der Waals surface area contributed by atoms with E-state index in [0.717, 1.165) is 12.8 Å². The van der Waals surface area contributed by atoms with Crippen molar-refractivity contribution in [1.82, 2.24) is 4.90 Å². The third kappa shape index (κ3) is 2.23. The Bertz CT molecular complexity index is 320. The molecular weight excluding hydrogens is 202 g/mol. The van der Waals surface area contributed by atoms with Gasteiger partial charge in [0, 0.05) is 12.1 Å². The summed E-state index contributed by atoms with van der Waals surface area (Å²) < 4.78 is 5.33. The Morgan fingerprint density at radius 1 is 1.50 bits per heavy atom. The van der Waals surface area contributed by atoms with Crippen LogP contribution in [0.25, 0.3) is 0 Å². The van der Waals surface area contributed by atoms with Crippen LogP contribution in [0.3, 0.4) is 0 Å². The number of ether oxygens (including phenoxy) is 1. The number of nitrogens with zero attached hydrogens (tertiary/aromatic N) is 1. The molecule has 2 heterocycles. The zero-order chi connectivity index (χ0) is 11.8. The van der Waals surface area contributed by atoms with Crippen molar-refractivity contribution in [3.05, 3.63) is 11.8 Å². The summed E-state index contributed by atoms with van der Waals surface area (Å²) >= 11 is 0. The van der Waals surface area contributed by atoms with Crippen molar-refractivity contribution in [1.29, 1.82) is 0 Å². The predicted molar refractivity (Wildman–Crippen MR) is 63.0 cm³/mol. The second-order valence-corrected chi connectivity index (χ2v) is 5.34. The first-order valence-corrected chi connectivity index (χ1v) is 6.27. The first-order valence-electron chi connectivity index (χ1n) is 6.27. The molecule has 2 rings (SSSR count). The fraction of sp³-hybridized carbons (Fsp3) is 0.769. The van der Waals surface area contributed by atoms with Gasteiger partial charge >= 0.3 is 6.09 Å². The number of amides is 1. The Hall–Kier alpha value is -0.990. The Morgan fingerprint density at radius 3 is 2.94 bits per heavy atom. The highest BCUT2D eigenvalue weighted by molar-refractivity contribution is 5.78. The van der Waals surface area contributed by atoms with Crippen molar-refractivity contribution in [2.45, 2.75) is 64.5 Å². The smallest absolute Gasteiger partial charge is 0.415 e. The van der Waals surface area contributed by atoms with Gasteiger partial charge in [0.25, 0.3) is 0 Å². The highest BCUT2D eigenvalue weighted by atomic mass is 16.6. The molecule has 0 bridgehead atoms. The van der Waals surface area contributed by atoms with Gasteiger partial charge in [-0.15, -0.1) is 0 Å². The van der Waals surface area contributed by atoms with Crippen LogP contribution in [0.15, 0.2) is 11.8 Å². The fourth-order valence-corrected chi connectivity index (χ4v) is 2.35. The van der Waals surface area contributed by atoms with Crippen molar-refractivity contribution in [2.75, 3.05) is 0 Å². The Kier molecular flexibility index (Phi) is 2.96. The summed E-state index contributed by atoms with van der Waals surface area (Å²) in [6, 6.07) is 0.331. The molecule has 0 saturated carbocycles. The van der Waals surface area contributed by atoms with Gasteiger partial charge in [0.1, 0.15) is 5.60 Å². The van der Waals surface area contributed by atoms with Gasteiger partial charge in [0.05, 0.1) is 6.04 Å². The first kappa shape index (κ1) is 11.5. The minimum Gasteiger partial charge on any atom is -0.443 e. The molecule has 0 aromatic carbocycles. The van der Waals surface area contributed by atoms with Gasteiger partial charge < -0.3 is 4.74 Å². The van der Waals surface area contributed by atoms with E-state index in [0.29, 0.717) is 6.04 Å². The third-order valence-electron chi connectivity index (χ3n) is 3.27. The number of hydrogen-bond donors (Lipinski definition) is 0. The van der Waals surface area contributed by atoms with Crippen LogP contribution in [0.4, 0.5) is 4.79 Å². The summed E-state index contributed by atoms with van der Waals surface area (Å²) in [5, 5.41) is 0. The highest BCUT2D eigenvalue weighted by Crippen LogP contribution is 2.45. The molecule has 0 aromatic rings. The predicted octanol–water partition coefficient (Wildman–Crippen LogP) is 3.45. The average Bonchev–Trinajstić information content (AvgIpc) is 2.84. The number of unbranched alkanes of at least 4 members (excludes halogenated alkanes) is 3. The van der Waals surface area contributed by atoms with Crippen LogP contribution in [-0.4, -0.2) is 22.6 Å². The number of fused-ring (bicyclic) bond motifs is 1. The second-order valence-electron chi connectivity index (χ2n) is 5.34. The Morgan fingerprint density at radius 2 is 2.25 bits per heavy atom. The van der Waals surface area contributed by atoms with E-state index in [2.05, 4.69) is 13.0 Å². The highest BCUT2D eigenvalue weighted by Gasteiger charge is 2.54. The van der Waals surface area contributed by atoms with Crippen LogP contribution < -0.4 is 0 Å². The average molecular weight is 223 g/mol. The first-order chi connectivity index (χ1) is 7.55. The monoisotopic (exact) mass is 223 g/mol. The van der Waals surface area contributed by atoms with Crippen molar-refractivity contribution < 1.29 is 9.53 Å². The molecule has 90 valence electrons. The summed E-state index contributed by atoms with van der Waals surface area (Å²) in [5.41, 5.74) is 0.892. The van der Waals surface area contributed by atoms with Crippen LogP contribution in [-0.2, 0) is 4.74 Å². The largest absolute Gasteiger partial charge is 0.443 e. The molecule has 3 heteroatoms. The molecule has 0 spiro atoms. The molecule has 1 amide bonds. The molecule has 0 radical (unpaired) electrons. The Labute approximate surface area is 97.5 Å². The number of allylic oxidation sites excluding steroid dienone is 1. The van der Waals surface area contributed by atoms with Crippen molar-refractivity contribution in [3.8, 4) is 0 Å². The minimum absolute atomic E-state index is 0.164. The Balaban J connectivity index is 1.89. The van der Waals surface area contributed by atoms with Crippen molar-refractivity contribution in [3.63, 3.8) is 0 Å². The van der Waals surface area contributed by atoms with E-state index in [1.807, 2.05) is 13.8 Å². The molecule has 1 unspecified atom stereocenters. The summed E-state index contributed by atoms with van der Waals surface area (Å²) in [4.78, 5) is 13.4. The number of carbonyl (C=O) groups excluding carboxylic acids is 1. The van der Waals surface area contributed by atoms with E-state index >= 15 is 0 Å². The van der Waals surface area contributed by atoms with Crippen LogP contribution >= 0.6 is 0 Å². The number of hydrogen-bond acceptors (Lipinski definition) is 2. The summed E-state index contributed by atoms with van der Waals surface area (Å²) in [6.07, 6.45) is 7.79. The van der Waals surface area contributed by atoms with E-state index in [1.54, 1.807) is 4.90 Å². The van der Waals surface area contributed by atoms with E-state index < -0.39 is 0 Å². The molecule has 2 aliphatic heterocycles. The van der Waals surface area contributed by atoms with Crippen LogP contribution in [0.1, 0.15) is 52.9 Å². The summed E-state index contributed by atoms with van der Waals surface area (Å²) in [6.45, 7) is 6.16. The molecule has 2 fully saturated rings. The fourth-order valence-electron chi connectivity index (χ4n) is 2.35. The lowest BCUT2D eigenvalue weighted by Gasteiger charge is -2.28. The molecule has 3 nitrogen and oxygen atoms in total. The number of carbonyl (C=O) groups is 1. The quantitative estimate of drug-likeness (QED) is 0.539. The van der Waals surface area contributed by atoms with Crippen LogP contribution in [0, 0.1) is 0 Å². The van der Waals surface area contributed by atoms with Crippen LogP contribution in [0.2, 0.25) is 0 Å². The van der Waals surface area contributed by atoms with E-state index in [4.69, 9.17) is 4.74 Å². The molecule has 0 aromatic heterocycles. The third-order valence-corrected chi connectivity index (χ3v) is 3.27. The molecule has 0 N–H and O–H groups in total. The van der Waals surface area contributed by atoms with Gasteiger partial charge in [0.15, 0.2) is 0 Å². The molecule has 16 heavy (non-hydrogen) atoms. The summed E-state index contributed by atoms with van der Waals surface area (Å²) in [5.74, 6) is 0. The SMILES string of the molecule is CCCCC/C=C1\C2CC(C)(C)OC(=O)N12. The van der Waals surface area contributed by atoms with Gasteiger partial charge in [0.2, 0.25) is 0 Å². The maximum absolute atomic E-state index is 11.6. The van der Waals surface area contributed by atoms with Crippen molar-refractivity contribution >= 4 is 6.09 Å².